The van der Waals surface area contributed by atoms with Crippen LogP contribution in [0.25, 0.3) is 21.9 Å². The number of fused-ring (bicyclic) bond motifs is 4. The van der Waals surface area contributed by atoms with Gasteiger partial charge in [-0.25, -0.2) is 0 Å². The average molecular weight is 827 g/mol. The van der Waals surface area contributed by atoms with Crippen LogP contribution in [-0.2, 0) is 13.0 Å². The Morgan fingerprint density at radius 1 is 0.610 bits per heavy atom. The van der Waals surface area contributed by atoms with Crippen molar-refractivity contribution < 1.29 is 31.7 Å². The molecule has 9 nitrogen and oxygen atoms in total. The number of hydrogen-bond donors (Lipinski definition) is 0. The van der Waals surface area contributed by atoms with E-state index in [2.05, 4.69) is 56.6 Å². The van der Waals surface area contributed by atoms with Crippen molar-refractivity contribution in [3.05, 3.63) is 159 Å². The molecule has 1 atom stereocenters. The summed E-state index contributed by atoms with van der Waals surface area (Å²) in [5, 5.41) is 1.67. The van der Waals surface area contributed by atoms with Gasteiger partial charge >= 0.3 is 16.7 Å². The van der Waals surface area contributed by atoms with Gasteiger partial charge in [-0.3, -0.25) is 9.46 Å². The van der Waals surface area contributed by atoms with E-state index in [-0.39, 0.29) is 5.91 Å². The Hall–Kier alpha value is -5.88. The number of benzene rings is 6. The second-order valence-electron chi connectivity index (χ2n) is 15.2. The molecule has 2 heterocycles. The van der Waals surface area contributed by atoms with E-state index in [0.29, 0.717) is 46.9 Å². The molecule has 1 amide bonds. The van der Waals surface area contributed by atoms with Crippen LogP contribution in [-0.4, -0.2) is 31.8 Å². The van der Waals surface area contributed by atoms with Crippen LogP contribution in [0.1, 0.15) is 60.4 Å². The summed E-state index contributed by atoms with van der Waals surface area (Å²) in [6, 6.07) is 34.2. The molecule has 0 bridgehead atoms. The van der Waals surface area contributed by atoms with Crippen LogP contribution >= 0.6 is 16.7 Å². The maximum absolute atomic E-state index is 14.3. The summed E-state index contributed by atoms with van der Waals surface area (Å²) in [4.78, 5) is 14.3. The number of methoxy groups -OCH3 is 2. The Morgan fingerprint density at radius 3 is 1.69 bits per heavy atom. The van der Waals surface area contributed by atoms with Crippen LogP contribution in [0.4, 0.5) is 5.69 Å². The predicted molar refractivity (Wildman–Crippen MR) is 238 cm³/mol. The normalized spacial score (nSPS) is 13.8. The molecule has 1 aliphatic rings. The Kier molecular flexibility index (Phi) is 11.1. The number of anilines is 1. The van der Waals surface area contributed by atoms with Gasteiger partial charge in [0.15, 0.2) is 0 Å². The maximum atomic E-state index is 14.3. The lowest BCUT2D eigenvalue weighted by Gasteiger charge is -2.41. The zero-order valence-electron chi connectivity index (χ0n) is 34.9. The van der Waals surface area contributed by atoms with Crippen molar-refractivity contribution in [2.45, 2.75) is 54.5 Å². The fraction of sp³-hybridized carbons (Fsp3) is 0.229. The van der Waals surface area contributed by atoms with Gasteiger partial charge in [0.1, 0.15) is 34.2 Å². The second kappa shape index (κ2) is 16.4. The third-order valence-corrected chi connectivity index (χ3v) is 13.5. The van der Waals surface area contributed by atoms with Gasteiger partial charge in [0.25, 0.3) is 5.91 Å². The molecule has 0 saturated carbocycles. The van der Waals surface area contributed by atoms with Crippen molar-refractivity contribution in [3.8, 4) is 23.0 Å². The van der Waals surface area contributed by atoms with Crippen molar-refractivity contribution in [3.63, 3.8) is 0 Å². The van der Waals surface area contributed by atoms with Crippen LogP contribution in [0.15, 0.2) is 112 Å². The molecule has 7 aromatic rings. The van der Waals surface area contributed by atoms with Crippen LogP contribution in [0.2, 0.25) is 0 Å². The van der Waals surface area contributed by atoms with Crippen molar-refractivity contribution >= 4 is 50.2 Å². The van der Waals surface area contributed by atoms with Crippen molar-refractivity contribution in [2.75, 3.05) is 25.9 Å². The summed E-state index contributed by atoms with van der Waals surface area (Å²) in [6.45, 7) is 12.7. The Balaban J connectivity index is 1.23. The van der Waals surface area contributed by atoms with Crippen LogP contribution in [0, 0.1) is 41.5 Å². The maximum Gasteiger partial charge on any atom is 0.453 e. The molecule has 6 aromatic carbocycles. The van der Waals surface area contributed by atoms with Crippen LogP contribution < -0.4 is 23.2 Å². The van der Waals surface area contributed by atoms with E-state index >= 15 is 0 Å². The first-order valence-corrected chi connectivity index (χ1v) is 21.8. The zero-order chi connectivity index (χ0) is 41.5. The number of hydrogen-bond acceptors (Lipinski definition) is 8. The van der Waals surface area contributed by atoms with Gasteiger partial charge in [-0.2, -0.15) is 0 Å². The summed E-state index contributed by atoms with van der Waals surface area (Å²) in [6.07, 6.45) is 0.495. The lowest BCUT2D eigenvalue weighted by molar-refractivity contribution is 0.0847. The molecule has 8 rings (SSSR count). The first-order valence-electron chi connectivity index (χ1n) is 19.5. The molecule has 11 heteroatoms. The molecule has 1 unspecified atom stereocenters. The first kappa shape index (κ1) is 39.9. The summed E-state index contributed by atoms with van der Waals surface area (Å²) < 4.78 is 42.9. The highest BCUT2D eigenvalue weighted by Gasteiger charge is 2.39. The Bertz CT molecular complexity index is 2710. The Labute approximate surface area is 347 Å². The largest absolute Gasteiger partial charge is 0.497 e. The molecule has 1 aliphatic heterocycles. The number of amides is 1. The fourth-order valence-electron chi connectivity index (χ4n) is 7.94. The Morgan fingerprint density at radius 2 is 1.14 bits per heavy atom. The van der Waals surface area contributed by atoms with E-state index < -0.39 is 16.7 Å². The molecule has 0 radical (unpaired) electrons. The summed E-state index contributed by atoms with van der Waals surface area (Å²) >= 11 is 0. The summed E-state index contributed by atoms with van der Waals surface area (Å²) in [5.74, 6) is 2.80. The standard InChI is InChI=1S/C48H48N2O7P2/c1-29-19-31(3)44(54-58-49(7)43-18-14-13-17-40(43)48(51)50(58)28-35-15-11-10-12-16-35)36(21-29)25-37-22-30(2)20-32(4)45(37)55-59-56-46-33(5)23-38(52-8)26-41(46)42-27-39(53-9)24-34(6)47(42)57-59/h10-24,26-27H,25,28H2,1-9H3. The van der Waals surface area contributed by atoms with E-state index in [4.69, 9.17) is 26.9 Å². The minimum atomic E-state index is -1.99. The number of nitrogens with zero attached hydrogens (tertiary/aromatic N) is 2. The molecular weight excluding hydrogens is 778 g/mol. The van der Waals surface area contributed by atoms with Crippen molar-refractivity contribution in [2.24, 2.45) is 0 Å². The quantitative estimate of drug-likeness (QED) is 0.126. The molecule has 0 spiro atoms. The van der Waals surface area contributed by atoms with Gasteiger partial charge < -0.3 is 31.6 Å². The molecular formula is C48H48N2O7P2. The summed E-state index contributed by atoms with van der Waals surface area (Å²) in [5.41, 5.74) is 11.7. The number of aryl methyl sites for hydroxylation is 6. The predicted octanol–water partition coefficient (Wildman–Crippen LogP) is 13.0. The highest BCUT2D eigenvalue weighted by atomic mass is 31.2. The minimum absolute atomic E-state index is 0.0544. The van der Waals surface area contributed by atoms with E-state index in [1.54, 1.807) is 14.2 Å². The third-order valence-electron chi connectivity index (χ3n) is 10.7. The molecule has 0 N–H and O–H groups in total. The molecule has 59 heavy (non-hydrogen) atoms. The van der Waals surface area contributed by atoms with Gasteiger partial charge in [0.2, 0.25) is 0 Å². The molecule has 302 valence electrons. The molecule has 0 aliphatic carbocycles. The number of para-hydroxylation sites is 1. The number of carbonyl (C=O) groups excluding carboxylic acids is 1. The van der Waals surface area contributed by atoms with Crippen LogP contribution in [0.5, 0.6) is 23.0 Å². The van der Waals surface area contributed by atoms with Gasteiger partial charge in [-0.1, -0.05) is 77.9 Å². The van der Waals surface area contributed by atoms with Gasteiger partial charge in [0, 0.05) is 29.8 Å². The zero-order valence-corrected chi connectivity index (χ0v) is 36.7. The molecule has 0 saturated heterocycles. The smallest absolute Gasteiger partial charge is 0.453 e. The lowest BCUT2D eigenvalue weighted by atomic mass is 9.96. The van der Waals surface area contributed by atoms with E-state index in [0.717, 1.165) is 72.3 Å². The molecule has 1 aromatic heterocycles. The number of carbonyl (C=O) groups is 1. The lowest BCUT2D eigenvalue weighted by Crippen LogP contribution is -2.38. The highest BCUT2D eigenvalue weighted by Crippen LogP contribution is 2.55. The van der Waals surface area contributed by atoms with Crippen molar-refractivity contribution in [1.82, 2.24) is 4.67 Å². The van der Waals surface area contributed by atoms with Crippen LogP contribution in [0.3, 0.4) is 0 Å². The van der Waals surface area contributed by atoms with E-state index in [1.807, 2.05) is 104 Å². The fourth-order valence-corrected chi connectivity index (χ4v) is 11.1. The minimum Gasteiger partial charge on any atom is -0.497 e. The van der Waals surface area contributed by atoms with Gasteiger partial charge in [-0.05, 0) is 111 Å². The third kappa shape index (κ3) is 7.85. The second-order valence-corrected chi connectivity index (χ2v) is 18.0. The average Bonchev–Trinajstić information content (AvgIpc) is 3.37. The summed E-state index contributed by atoms with van der Waals surface area (Å²) in [7, 11) is 1.73. The van der Waals surface area contributed by atoms with Gasteiger partial charge in [-0.15, -0.1) is 0 Å². The molecule has 0 fully saturated rings. The van der Waals surface area contributed by atoms with Crippen molar-refractivity contribution in [1.29, 1.82) is 0 Å². The first-order chi connectivity index (χ1) is 28.4. The van der Waals surface area contributed by atoms with E-state index in [9.17, 15) is 4.79 Å². The van der Waals surface area contributed by atoms with Gasteiger partial charge in [0.05, 0.1) is 32.0 Å². The topological polar surface area (TPSA) is 86.8 Å². The number of rotatable bonds is 10. The SMILES string of the molecule is COc1cc(C)c2op(Oc3c(C)cc(C)cc3Cc3cc(C)cc(C)c3OP3N(Cc4ccccc4)C(=O)c4ccccc4N3C)oc3c(C)cc(OC)cc3c2c1. The van der Waals surface area contributed by atoms with E-state index in [1.165, 1.54) is 0 Å². The highest BCUT2D eigenvalue weighted by molar-refractivity contribution is 7.53. The monoisotopic (exact) mass is 826 g/mol. The number of ether oxygens (including phenoxy) is 2.